The molecule has 2 aromatic rings. The summed E-state index contributed by atoms with van der Waals surface area (Å²) in [6.07, 6.45) is 3.15. The van der Waals surface area contributed by atoms with Crippen LogP contribution in [-0.4, -0.2) is 22.9 Å². The predicted octanol–water partition coefficient (Wildman–Crippen LogP) is 2.64. The highest BCUT2D eigenvalue weighted by Crippen LogP contribution is 2.09. The first-order valence-electron chi connectivity index (χ1n) is 8.20. The molecule has 2 aromatic carbocycles. The highest BCUT2D eigenvalue weighted by molar-refractivity contribution is 5.25. The molecule has 3 nitrogen and oxygen atoms in total. The van der Waals surface area contributed by atoms with Crippen LogP contribution in [0.1, 0.15) is 29.2 Å². The molecule has 0 aliphatic heterocycles. The third kappa shape index (κ3) is 6.14. The minimum atomic E-state index is -0.484. The Kier molecular flexibility index (Phi) is 7.27. The quantitative estimate of drug-likeness (QED) is 0.667. The lowest BCUT2D eigenvalue weighted by atomic mass is 10.0. The number of aryl methyl sites for hydroxylation is 1. The van der Waals surface area contributed by atoms with Crippen LogP contribution in [0.25, 0.3) is 0 Å². The van der Waals surface area contributed by atoms with Crippen LogP contribution in [0, 0.1) is 6.42 Å². The minimum Gasteiger partial charge on any atom is -0.392 e. The van der Waals surface area contributed by atoms with Gasteiger partial charge in [0, 0.05) is 13.1 Å². The molecule has 0 amide bonds. The van der Waals surface area contributed by atoms with E-state index in [1.54, 1.807) is 0 Å². The molecular weight excluding hydrogens is 286 g/mol. The third-order valence-corrected chi connectivity index (χ3v) is 3.88. The van der Waals surface area contributed by atoms with Gasteiger partial charge in [0.15, 0.2) is 0 Å². The second-order valence-electron chi connectivity index (χ2n) is 5.79. The van der Waals surface area contributed by atoms with Crippen molar-refractivity contribution in [3.8, 4) is 0 Å². The summed E-state index contributed by atoms with van der Waals surface area (Å²) in [6.45, 7) is 3.50. The molecule has 0 bridgehead atoms. The first-order chi connectivity index (χ1) is 11.2. The largest absolute Gasteiger partial charge is 0.392 e. The average molecular weight is 312 g/mol. The molecule has 0 aliphatic rings. The first-order valence-corrected chi connectivity index (χ1v) is 8.20. The summed E-state index contributed by atoms with van der Waals surface area (Å²) in [7, 11) is 0. The first kappa shape index (κ1) is 17.7. The van der Waals surface area contributed by atoms with E-state index >= 15 is 0 Å². The number of aliphatic hydroxyl groups excluding tert-OH is 2. The molecule has 0 spiro atoms. The molecule has 0 saturated heterocycles. The molecule has 1 unspecified atom stereocenters. The van der Waals surface area contributed by atoms with Crippen molar-refractivity contribution < 1.29 is 10.2 Å². The van der Waals surface area contributed by atoms with Crippen molar-refractivity contribution in [2.45, 2.75) is 39.0 Å². The van der Waals surface area contributed by atoms with Gasteiger partial charge in [0.05, 0.1) is 12.7 Å². The van der Waals surface area contributed by atoms with Gasteiger partial charge in [-0.25, -0.2) is 0 Å². The molecule has 1 radical (unpaired) electrons. The zero-order chi connectivity index (χ0) is 16.5. The number of nitrogens with one attached hydrogen (secondary N) is 1. The molecule has 123 valence electrons. The molecular formula is C20H26NO2. The molecule has 23 heavy (non-hydrogen) atoms. The van der Waals surface area contributed by atoms with E-state index < -0.39 is 6.10 Å². The van der Waals surface area contributed by atoms with Gasteiger partial charge in [-0.05, 0) is 41.5 Å². The van der Waals surface area contributed by atoms with Crippen molar-refractivity contribution in [3.05, 3.63) is 77.2 Å². The second kappa shape index (κ2) is 9.46. The van der Waals surface area contributed by atoms with E-state index in [0.717, 1.165) is 24.1 Å². The molecule has 3 N–H and O–H groups in total. The fourth-order valence-corrected chi connectivity index (χ4v) is 2.53. The predicted molar refractivity (Wildman–Crippen MR) is 93.9 cm³/mol. The maximum Gasteiger partial charge on any atom is 0.0699 e. The fraction of sp³-hybridized carbons (Fsp3) is 0.350. The fourth-order valence-electron chi connectivity index (χ4n) is 2.53. The van der Waals surface area contributed by atoms with E-state index in [1.165, 1.54) is 11.1 Å². The molecule has 1 atom stereocenters. The lowest BCUT2D eigenvalue weighted by Crippen LogP contribution is -2.27. The van der Waals surface area contributed by atoms with Gasteiger partial charge in [0.1, 0.15) is 0 Å². The van der Waals surface area contributed by atoms with E-state index in [1.807, 2.05) is 30.7 Å². The average Bonchev–Trinajstić information content (AvgIpc) is 2.60. The molecule has 0 saturated carbocycles. The molecule has 0 heterocycles. The van der Waals surface area contributed by atoms with Crippen molar-refractivity contribution >= 4 is 0 Å². The number of rotatable bonds is 9. The summed E-state index contributed by atoms with van der Waals surface area (Å²) >= 11 is 0. The maximum atomic E-state index is 10.0. The Balaban J connectivity index is 1.71. The van der Waals surface area contributed by atoms with E-state index in [-0.39, 0.29) is 6.61 Å². The van der Waals surface area contributed by atoms with Gasteiger partial charge in [0.25, 0.3) is 0 Å². The number of aliphatic hydroxyl groups is 2. The highest BCUT2D eigenvalue weighted by atomic mass is 16.3. The molecule has 0 aromatic heterocycles. The van der Waals surface area contributed by atoms with E-state index in [4.69, 9.17) is 5.11 Å². The Morgan fingerprint density at radius 2 is 1.65 bits per heavy atom. The normalized spacial score (nSPS) is 12.3. The van der Waals surface area contributed by atoms with Gasteiger partial charge in [-0.1, -0.05) is 55.5 Å². The van der Waals surface area contributed by atoms with Crippen LogP contribution in [0.2, 0.25) is 0 Å². The molecule has 3 heteroatoms. The van der Waals surface area contributed by atoms with Crippen molar-refractivity contribution in [2.75, 3.05) is 6.54 Å². The second-order valence-corrected chi connectivity index (χ2v) is 5.79. The maximum absolute atomic E-state index is 10.0. The van der Waals surface area contributed by atoms with Crippen molar-refractivity contribution in [1.29, 1.82) is 0 Å². The lowest BCUT2D eigenvalue weighted by Gasteiger charge is -2.12. The van der Waals surface area contributed by atoms with Crippen molar-refractivity contribution in [3.63, 3.8) is 0 Å². The summed E-state index contributed by atoms with van der Waals surface area (Å²) in [4.78, 5) is 0. The lowest BCUT2D eigenvalue weighted by molar-refractivity contribution is 0.200. The van der Waals surface area contributed by atoms with Gasteiger partial charge in [-0.3, -0.25) is 0 Å². The van der Waals surface area contributed by atoms with E-state index in [2.05, 4.69) is 36.5 Å². The van der Waals surface area contributed by atoms with E-state index in [0.29, 0.717) is 13.0 Å². The minimum absolute atomic E-state index is 0.0504. The van der Waals surface area contributed by atoms with E-state index in [9.17, 15) is 5.11 Å². The Labute approximate surface area is 139 Å². The van der Waals surface area contributed by atoms with Gasteiger partial charge in [-0.15, -0.1) is 0 Å². The summed E-state index contributed by atoms with van der Waals surface area (Å²) < 4.78 is 0. The smallest absolute Gasteiger partial charge is 0.0699 e. The topological polar surface area (TPSA) is 52.5 Å². The van der Waals surface area contributed by atoms with Gasteiger partial charge in [-0.2, -0.15) is 0 Å². The third-order valence-electron chi connectivity index (χ3n) is 3.88. The van der Waals surface area contributed by atoms with Gasteiger partial charge in [0.2, 0.25) is 0 Å². The molecule has 2 rings (SSSR count). The summed E-state index contributed by atoms with van der Waals surface area (Å²) in [5.74, 6) is 0. The zero-order valence-corrected chi connectivity index (χ0v) is 13.7. The highest BCUT2D eigenvalue weighted by Gasteiger charge is 2.05. The Morgan fingerprint density at radius 1 is 1.00 bits per heavy atom. The summed E-state index contributed by atoms with van der Waals surface area (Å²) in [5, 5.41) is 22.5. The standard InChI is InChI=1S/C20H26NO2/c1-2-16-5-3-7-18(11-16)13-21-14-20(23)10-9-17-6-4-8-19(12-17)15-22/h3-8,10-12,20-23H,2,9,13-15H2,1H3. The van der Waals surface area contributed by atoms with Crippen molar-refractivity contribution in [1.82, 2.24) is 5.32 Å². The van der Waals surface area contributed by atoms with Crippen LogP contribution in [0.4, 0.5) is 0 Å². The van der Waals surface area contributed by atoms with Crippen molar-refractivity contribution in [2.24, 2.45) is 0 Å². The van der Waals surface area contributed by atoms with Crippen LogP contribution in [0.3, 0.4) is 0 Å². The van der Waals surface area contributed by atoms with Crippen LogP contribution < -0.4 is 5.32 Å². The Bertz CT molecular complexity index is 598. The van der Waals surface area contributed by atoms with Gasteiger partial charge >= 0.3 is 0 Å². The summed E-state index contributed by atoms with van der Waals surface area (Å²) in [6, 6.07) is 16.3. The van der Waals surface area contributed by atoms with Crippen LogP contribution in [-0.2, 0) is 26.0 Å². The van der Waals surface area contributed by atoms with Crippen LogP contribution in [0.5, 0.6) is 0 Å². The SMILES string of the molecule is CCc1cccc(CNCC(O)[CH]Cc2cccc(CO)c2)c1. The number of benzene rings is 2. The van der Waals surface area contributed by atoms with Crippen LogP contribution in [0.15, 0.2) is 48.5 Å². The number of hydrogen-bond acceptors (Lipinski definition) is 3. The Hall–Kier alpha value is -1.68. The molecule has 0 aliphatic carbocycles. The Morgan fingerprint density at radius 3 is 2.39 bits per heavy atom. The summed E-state index contributed by atoms with van der Waals surface area (Å²) in [5.41, 5.74) is 4.58. The van der Waals surface area contributed by atoms with Gasteiger partial charge < -0.3 is 15.5 Å². The monoisotopic (exact) mass is 312 g/mol. The zero-order valence-electron chi connectivity index (χ0n) is 13.7. The van der Waals surface area contributed by atoms with Crippen LogP contribution >= 0.6 is 0 Å². The number of hydrogen-bond donors (Lipinski definition) is 3. The molecule has 0 fully saturated rings.